The molecule has 2 rings (SSSR count). The molecule has 0 aliphatic rings. The predicted molar refractivity (Wildman–Crippen MR) is 103 cm³/mol. The predicted octanol–water partition coefficient (Wildman–Crippen LogP) is 5.03. The lowest BCUT2D eigenvalue weighted by atomic mass is 9.85. The summed E-state index contributed by atoms with van der Waals surface area (Å²) in [5.41, 5.74) is 14.2. The van der Waals surface area contributed by atoms with Gasteiger partial charge in [0.2, 0.25) is 0 Å². The van der Waals surface area contributed by atoms with Gasteiger partial charge in [-0.3, -0.25) is 0 Å². The van der Waals surface area contributed by atoms with Crippen LogP contribution in [0.1, 0.15) is 59.1 Å². The summed E-state index contributed by atoms with van der Waals surface area (Å²) in [6, 6.07) is 11.0. The van der Waals surface area contributed by atoms with Crippen molar-refractivity contribution >= 4 is 0 Å². The zero-order chi connectivity index (χ0) is 17.9. The monoisotopic (exact) mass is 325 g/mol. The summed E-state index contributed by atoms with van der Waals surface area (Å²) in [5.74, 6) is 1.70. The summed E-state index contributed by atoms with van der Waals surface area (Å²) < 4.78 is 5.62. The first-order valence-electron chi connectivity index (χ1n) is 8.82. The van der Waals surface area contributed by atoms with Gasteiger partial charge in [-0.1, -0.05) is 43.7 Å². The fraction of sp³-hybridized carbons (Fsp3) is 0.455. The third kappa shape index (κ3) is 3.99. The summed E-state index contributed by atoms with van der Waals surface area (Å²) in [4.78, 5) is 0. The van der Waals surface area contributed by atoms with Crippen molar-refractivity contribution in [1.82, 2.24) is 0 Å². The topological polar surface area (TPSA) is 35.2 Å². The van der Waals surface area contributed by atoms with Gasteiger partial charge in [0.1, 0.15) is 5.75 Å². The van der Waals surface area contributed by atoms with Crippen LogP contribution in [0.4, 0.5) is 0 Å². The smallest absolute Gasteiger partial charge is 0.122 e. The highest BCUT2D eigenvalue weighted by Crippen LogP contribution is 2.33. The second kappa shape index (κ2) is 7.85. The van der Waals surface area contributed by atoms with E-state index in [9.17, 15) is 0 Å². The molecule has 0 heterocycles. The number of rotatable bonds is 6. The summed E-state index contributed by atoms with van der Waals surface area (Å²) in [7, 11) is 1.74. The molecular weight excluding hydrogens is 294 g/mol. The molecule has 0 fully saturated rings. The first-order chi connectivity index (χ1) is 11.4. The Labute approximate surface area is 147 Å². The maximum absolute atomic E-state index is 6.18. The Bertz CT molecular complexity index is 680. The Morgan fingerprint density at radius 3 is 2.12 bits per heavy atom. The normalized spacial score (nSPS) is 12.5. The highest BCUT2D eigenvalue weighted by Gasteiger charge is 2.19. The summed E-state index contributed by atoms with van der Waals surface area (Å²) in [6.07, 6.45) is 0.951. The van der Waals surface area contributed by atoms with Crippen molar-refractivity contribution < 1.29 is 4.74 Å². The lowest BCUT2D eigenvalue weighted by molar-refractivity contribution is 0.405. The van der Waals surface area contributed by atoms with Gasteiger partial charge in [0.05, 0.1) is 7.11 Å². The molecule has 24 heavy (non-hydrogen) atoms. The molecule has 130 valence electrons. The number of hydrogen-bond donors (Lipinski definition) is 1. The van der Waals surface area contributed by atoms with Crippen molar-refractivity contribution in [1.29, 1.82) is 0 Å². The van der Waals surface area contributed by atoms with Crippen LogP contribution in [-0.4, -0.2) is 13.7 Å². The zero-order valence-electron chi connectivity index (χ0n) is 15.9. The van der Waals surface area contributed by atoms with Crippen LogP contribution in [0, 0.1) is 20.8 Å². The third-order valence-corrected chi connectivity index (χ3v) is 4.94. The van der Waals surface area contributed by atoms with E-state index in [-0.39, 0.29) is 5.92 Å². The molecule has 1 atom stereocenters. The third-order valence-electron chi connectivity index (χ3n) is 4.94. The first-order valence-corrected chi connectivity index (χ1v) is 8.82. The number of methoxy groups -OCH3 is 1. The lowest BCUT2D eigenvalue weighted by Gasteiger charge is -2.22. The van der Waals surface area contributed by atoms with Crippen LogP contribution in [0.15, 0.2) is 30.3 Å². The van der Waals surface area contributed by atoms with Crippen molar-refractivity contribution in [2.75, 3.05) is 13.7 Å². The molecule has 0 bridgehead atoms. The van der Waals surface area contributed by atoms with E-state index in [0.717, 1.165) is 12.2 Å². The molecule has 0 spiro atoms. The van der Waals surface area contributed by atoms with E-state index in [1.165, 1.54) is 33.4 Å². The molecule has 2 aromatic carbocycles. The van der Waals surface area contributed by atoms with Gasteiger partial charge in [-0.2, -0.15) is 0 Å². The Morgan fingerprint density at radius 2 is 1.62 bits per heavy atom. The molecule has 0 aromatic heterocycles. The van der Waals surface area contributed by atoms with Gasteiger partial charge in [0.15, 0.2) is 0 Å². The molecule has 0 aliphatic carbocycles. The van der Waals surface area contributed by atoms with E-state index in [0.29, 0.717) is 12.5 Å². The van der Waals surface area contributed by atoms with Gasteiger partial charge < -0.3 is 10.5 Å². The molecule has 0 aliphatic heterocycles. The van der Waals surface area contributed by atoms with Gasteiger partial charge in [-0.15, -0.1) is 0 Å². The molecular formula is C22H31NO. The largest absolute Gasteiger partial charge is 0.496 e. The minimum Gasteiger partial charge on any atom is -0.496 e. The van der Waals surface area contributed by atoms with Gasteiger partial charge in [-0.05, 0) is 73.5 Å². The Kier molecular flexibility index (Phi) is 6.06. The Hall–Kier alpha value is -1.80. The maximum atomic E-state index is 6.18. The van der Waals surface area contributed by atoms with Crippen molar-refractivity contribution in [3.8, 4) is 5.75 Å². The van der Waals surface area contributed by atoms with Gasteiger partial charge in [0, 0.05) is 5.92 Å². The molecule has 0 saturated carbocycles. The molecule has 0 radical (unpaired) electrons. The van der Waals surface area contributed by atoms with Gasteiger partial charge in [0.25, 0.3) is 0 Å². The fourth-order valence-electron chi connectivity index (χ4n) is 3.53. The number of ether oxygens (including phenoxy) is 1. The standard InChI is InChI=1S/C22H31NO/c1-14(2)18-7-8-22(24-6)21(11-18)19(13-23)12-20-16(4)9-15(3)10-17(20)5/h7-11,14,19H,12-13,23H2,1-6H3. The van der Waals surface area contributed by atoms with Crippen LogP contribution in [0.3, 0.4) is 0 Å². The first kappa shape index (κ1) is 18.5. The van der Waals surface area contributed by atoms with Crippen LogP contribution >= 0.6 is 0 Å². The maximum Gasteiger partial charge on any atom is 0.122 e. The van der Waals surface area contributed by atoms with Crippen molar-refractivity contribution in [2.24, 2.45) is 5.73 Å². The number of hydrogen-bond acceptors (Lipinski definition) is 2. The molecule has 1 unspecified atom stereocenters. The van der Waals surface area contributed by atoms with Gasteiger partial charge >= 0.3 is 0 Å². The van der Waals surface area contributed by atoms with E-state index < -0.39 is 0 Å². The van der Waals surface area contributed by atoms with Gasteiger partial charge in [-0.25, -0.2) is 0 Å². The summed E-state index contributed by atoms with van der Waals surface area (Å²) in [6.45, 7) is 11.6. The quantitative estimate of drug-likeness (QED) is 0.808. The Morgan fingerprint density at radius 1 is 1.00 bits per heavy atom. The molecule has 0 saturated heterocycles. The zero-order valence-corrected chi connectivity index (χ0v) is 15.9. The second-order valence-electron chi connectivity index (χ2n) is 7.17. The van der Waals surface area contributed by atoms with E-state index >= 15 is 0 Å². The molecule has 2 aromatic rings. The van der Waals surface area contributed by atoms with Crippen molar-refractivity contribution in [3.05, 3.63) is 63.7 Å². The van der Waals surface area contributed by atoms with Crippen LogP contribution in [0.25, 0.3) is 0 Å². The summed E-state index contributed by atoms with van der Waals surface area (Å²) in [5, 5.41) is 0. The van der Waals surface area contributed by atoms with Crippen LogP contribution < -0.4 is 10.5 Å². The Balaban J connectivity index is 2.44. The number of aryl methyl sites for hydroxylation is 3. The van der Waals surface area contributed by atoms with E-state index in [1.54, 1.807) is 7.11 Å². The van der Waals surface area contributed by atoms with E-state index in [1.807, 2.05) is 0 Å². The van der Waals surface area contributed by atoms with E-state index in [4.69, 9.17) is 10.5 Å². The molecule has 2 heteroatoms. The fourth-order valence-corrected chi connectivity index (χ4v) is 3.53. The van der Waals surface area contributed by atoms with Crippen LogP contribution in [0.5, 0.6) is 5.75 Å². The van der Waals surface area contributed by atoms with E-state index in [2.05, 4.69) is 65.0 Å². The molecule has 2 N–H and O–H groups in total. The molecule has 0 amide bonds. The van der Waals surface area contributed by atoms with Crippen LogP contribution in [-0.2, 0) is 6.42 Å². The summed E-state index contributed by atoms with van der Waals surface area (Å²) >= 11 is 0. The average Bonchev–Trinajstić information content (AvgIpc) is 2.53. The number of benzene rings is 2. The highest BCUT2D eigenvalue weighted by atomic mass is 16.5. The second-order valence-corrected chi connectivity index (χ2v) is 7.17. The SMILES string of the molecule is COc1ccc(C(C)C)cc1C(CN)Cc1c(C)cc(C)cc1C. The molecule has 2 nitrogen and oxygen atoms in total. The van der Waals surface area contributed by atoms with Crippen molar-refractivity contribution in [3.63, 3.8) is 0 Å². The minimum absolute atomic E-state index is 0.263. The van der Waals surface area contributed by atoms with Crippen molar-refractivity contribution in [2.45, 2.75) is 52.9 Å². The number of nitrogens with two attached hydrogens (primary N) is 1. The minimum atomic E-state index is 0.263. The van der Waals surface area contributed by atoms with Crippen LogP contribution in [0.2, 0.25) is 0 Å². The lowest BCUT2D eigenvalue weighted by Crippen LogP contribution is -2.17. The highest BCUT2D eigenvalue weighted by molar-refractivity contribution is 5.44. The average molecular weight is 325 g/mol.